The van der Waals surface area contributed by atoms with Crippen LogP contribution in [0.2, 0.25) is 0 Å². The normalized spacial score (nSPS) is 23.3. The van der Waals surface area contributed by atoms with Crippen molar-refractivity contribution in [1.29, 1.82) is 0 Å². The molecule has 1 aromatic rings. The number of benzene rings is 1. The summed E-state index contributed by atoms with van der Waals surface area (Å²) in [7, 11) is 0. The lowest BCUT2D eigenvalue weighted by Crippen LogP contribution is -2.23. The molecule has 0 amide bonds. The van der Waals surface area contributed by atoms with Gasteiger partial charge in [0, 0.05) is 19.1 Å². The molecular formula is C14H21FN2O. The van der Waals surface area contributed by atoms with Crippen LogP contribution in [0.3, 0.4) is 0 Å². The third-order valence-electron chi connectivity index (χ3n) is 3.63. The molecule has 1 heterocycles. The van der Waals surface area contributed by atoms with E-state index in [0.29, 0.717) is 23.3 Å². The summed E-state index contributed by atoms with van der Waals surface area (Å²) in [5, 5.41) is 3.32. The first-order chi connectivity index (χ1) is 8.61. The molecule has 100 valence electrons. The zero-order chi connectivity index (χ0) is 13.1. The molecule has 18 heavy (non-hydrogen) atoms. The maximum Gasteiger partial charge on any atom is 0.128 e. The van der Waals surface area contributed by atoms with E-state index in [1.807, 2.05) is 0 Å². The van der Waals surface area contributed by atoms with Crippen LogP contribution in [-0.2, 0) is 4.74 Å². The molecule has 1 aromatic carbocycles. The standard InChI is InChI=1S/C14H21FN2O/c1-3-14-10(4-5-18-14)8-17-13-6-9(2)11(15)7-12(13)16/h6-7,10,14,17H,3-5,8,16H2,1-2H3. The van der Waals surface area contributed by atoms with Gasteiger partial charge in [-0.1, -0.05) is 6.92 Å². The highest BCUT2D eigenvalue weighted by atomic mass is 19.1. The van der Waals surface area contributed by atoms with Crippen molar-refractivity contribution in [3.05, 3.63) is 23.5 Å². The minimum absolute atomic E-state index is 0.256. The van der Waals surface area contributed by atoms with Gasteiger partial charge in [0.1, 0.15) is 5.82 Å². The number of anilines is 2. The molecule has 1 aliphatic heterocycles. The summed E-state index contributed by atoms with van der Waals surface area (Å²) in [6.07, 6.45) is 2.44. The molecule has 1 saturated heterocycles. The van der Waals surface area contributed by atoms with Crippen molar-refractivity contribution >= 4 is 11.4 Å². The summed E-state index contributed by atoms with van der Waals surface area (Å²) >= 11 is 0. The van der Waals surface area contributed by atoms with Gasteiger partial charge in [-0.2, -0.15) is 0 Å². The first kappa shape index (κ1) is 13.1. The van der Waals surface area contributed by atoms with Crippen LogP contribution in [0.4, 0.5) is 15.8 Å². The Hall–Kier alpha value is -1.29. The average molecular weight is 252 g/mol. The minimum atomic E-state index is -0.256. The highest BCUT2D eigenvalue weighted by Gasteiger charge is 2.26. The van der Waals surface area contributed by atoms with E-state index in [0.717, 1.165) is 31.7 Å². The van der Waals surface area contributed by atoms with Crippen molar-refractivity contribution in [2.24, 2.45) is 5.92 Å². The number of hydrogen-bond acceptors (Lipinski definition) is 3. The van der Waals surface area contributed by atoms with Gasteiger partial charge in [-0.25, -0.2) is 4.39 Å². The van der Waals surface area contributed by atoms with E-state index in [1.54, 1.807) is 13.0 Å². The molecule has 4 heteroatoms. The predicted octanol–water partition coefficient (Wildman–Crippen LogP) is 2.94. The van der Waals surface area contributed by atoms with Gasteiger partial charge in [0.2, 0.25) is 0 Å². The van der Waals surface area contributed by atoms with Gasteiger partial charge in [0.05, 0.1) is 17.5 Å². The zero-order valence-electron chi connectivity index (χ0n) is 11.0. The Morgan fingerprint density at radius 1 is 1.50 bits per heavy atom. The fourth-order valence-electron chi connectivity index (χ4n) is 2.47. The highest BCUT2D eigenvalue weighted by Crippen LogP contribution is 2.26. The van der Waals surface area contributed by atoms with E-state index in [9.17, 15) is 4.39 Å². The summed E-state index contributed by atoms with van der Waals surface area (Å²) in [5.41, 5.74) is 7.70. The van der Waals surface area contributed by atoms with Crippen LogP contribution in [-0.4, -0.2) is 19.3 Å². The lowest BCUT2D eigenvalue weighted by atomic mass is 9.99. The van der Waals surface area contributed by atoms with Crippen LogP contribution in [0.1, 0.15) is 25.3 Å². The van der Waals surface area contributed by atoms with Gasteiger partial charge in [-0.3, -0.25) is 0 Å². The minimum Gasteiger partial charge on any atom is -0.397 e. The lowest BCUT2D eigenvalue weighted by molar-refractivity contribution is 0.0900. The Bertz CT molecular complexity index is 423. The van der Waals surface area contributed by atoms with Gasteiger partial charge in [-0.15, -0.1) is 0 Å². The van der Waals surface area contributed by atoms with Crippen LogP contribution in [0.25, 0.3) is 0 Å². The molecule has 2 unspecified atom stereocenters. The van der Waals surface area contributed by atoms with Crippen molar-refractivity contribution < 1.29 is 9.13 Å². The number of rotatable bonds is 4. The quantitative estimate of drug-likeness (QED) is 0.810. The van der Waals surface area contributed by atoms with Crippen LogP contribution in [0.5, 0.6) is 0 Å². The monoisotopic (exact) mass is 252 g/mol. The molecule has 0 radical (unpaired) electrons. The first-order valence-corrected chi connectivity index (χ1v) is 6.53. The summed E-state index contributed by atoms with van der Waals surface area (Å²) in [4.78, 5) is 0. The van der Waals surface area contributed by atoms with E-state index in [4.69, 9.17) is 10.5 Å². The lowest BCUT2D eigenvalue weighted by Gasteiger charge is -2.19. The Morgan fingerprint density at radius 3 is 3.00 bits per heavy atom. The largest absolute Gasteiger partial charge is 0.397 e. The maximum absolute atomic E-state index is 13.3. The number of nitrogens with one attached hydrogen (secondary N) is 1. The molecule has 2 atom stereocenters. The fourth-order valence-corrected chi connectivity index (χ4v) is 2.47. The molecule has 0 aliphatic carbocycles. The second-order valence-electron chi connectivity index (χ2n) is 4.94. The van der Waals surface area contributed by atoms with Gasteiger partial charge >= 0.3 is 0 Å². The van der Waals surface area contributed by atoms with E-state index in [2.05, 4.69) is 12.2 Å². The van der Waals surface area contributed by atoms with Crippen LogP contribution in [0.15, 0.2) is 12.1 Å². The highest BCUT2D eigenvalue weighted by molar-refractivity contribution is 5.67. The van der Waals surface area contributed by atoms with Crippen LogP contribution >= 0.6 is 0 Å². The predicted molar refractivity (Wildman–Crippen MR) is 72.2 cm³/mol. The molecular weight excluding hydrogens is 231 g/mol. The van der Waals surface area contributed by atoms with Crippen LogP contribution in [0, 0.1) is 18.7 Å². The molecule has 0 bridgehead atoms. The number of hydrogen-bond donors (Lipinski definition) is 2. The molecule has 3 N–H and O–H groups in total. The number of aryl methyl sites for hydroxylation is 1. The number of ether oxygens (including phenoxy) is 1. The average Bonchev–Trinajstić information content (AvgIpc) is 2.79. The maximum atomic E-state index is 13.3. The van der Waals surface area contributed by atoms with Crippen molar-refractivity contribution in [1.82, 2.24) is 0 Å². The van der Waals surface area contributed by atoms with E-state index in [1.165, 1.54) is 6.07 Å². The topological polar surface area (TPSA) is 47.3 Å². The Morgan fingerprint density at radius 2 is 2.28 bits per heavy atom. The first-order valence-electron chi connectivity index (χ1n) is 6.53. The summed E-state index contributed by atoms with van der Waals surface area (Å²) in [6, 6.07) is 3.14. The second-order valence-corrected chi connectivity index (χ2v) is 4.94. The summed E-state index contributed by atoms with van der Waals surface area (Å²) < 4.78 is 18.9. The second kappa shape index (κ2) is 5.57. The molecule has 0 spiro atoms. The molecule has 0 aromatic heterocycles. The summed E-state index contributed by atoms with van der Waals surface area (Å²) in [5.74, 6) is 0.258. The van der Waals surface area contributed by atoms with Crippen LogP contribution < -0.4 is 11.1 Å². The zero-order valence-corrected chi connectivity index (χ0v) is 11.0. The third-order valence-corrected chi connectivity index (χ3v) is 3.63. The fraction of sp³-hybridized carbons (Fsp3) is 0.571. The molecule has 0 saturated carbocycles. The molecule has 3 nitrogen and oxygen atoms in total. The number of halogens is 1. The van der Waals surface area contributed by atoms with E-state index in [-0.39, 0.29) is 5.82 Å². The Labute approximate surface area is 108 Å². The van der Waals surface area contributed by atoms with Gasteiger partial charge in [-0.05, 0) is 37.5 Å². The number of nitrogen functional groups attached to an aromatic ring is 1. The smallest absolute Gasteiger partial charge is 0.128 e. The van der Waals surface area contributed by atoms with Crippen molar-refractivity contribution in [3.63, 3.8) is 0 Å². The van der Waals surface area contributed by atoms with Crippen molar-refractivity contribution in [2.45, 2.75) is 32.8 Å². The third kappa shape index (κ3) is 2.75. The van der Waals surface area contributed by atoms with Gasteiger partial charge in [0.25, 0.3) is 0 Å². The molecule has 1 aliphatic rings. The molecule has 1 fully saturated rings. The molecule has 2 rings (SSSR count). The van der Waals surface area contributed by atoms with E-state index < -0.39 is 0 Å². The van der Waals surface area contributed by atoms with E-state index >= 15 is 0 Å². The van der Waals surface area contributed by atoms with Crippen molar-refractivity contribution in [2.75, 3.05) is 24.2 Å². The van der Waals surface area contributed by atoms with Gasteiger partial charge < -0.3 is 15.8 Å². The Balaban J connectivity index is 2.00. The van der Waals surface area contributed by atoms with Gasteiger partial charge in [0.15, 0.2) is 0 Å². The number of nitrogens with two attached hydrogens (primary N) is 1. The summed E-state index contributed by atoms with van der Waals surface area (Å²) in [6.45, 7) is 5.55. The SMILES string of the molecule is CCC1OCCC1CNc1cc(C)c(F)cc1N. The van der Waals surface area contributed by atoms with Crippen molar-refractivity contribution in [3.8, 4) is 0 Å². The Kier molecular flexibility index (Phi) is 4.07.